The van der Waals surface area contributed by atoms with Gasteiger partial charge in [-0.1, -0.05) is 36.4 Å². The van der Waals surface area contributed by atoms with Crippen molar-refractivity contribution < 1.29 is 4.79 Å². The van der Waals surface area contributed by atoms with Gasteiger partial charge in [-0.3, -0.25) is 9.78 Å². The Morgan fingerprint density at radius 1 is 1.00 bits per heavy atom. The number of aromatic nitrogens is 1. The zero-order valence-corrected chi connectivity index (χ0v) is 11.6. The van der Waals surface area contributed by atoms with E-state index in [1.807, 2.05) is 42.5 Å². The second-order valence-electron chi connectivity index (χ2n) is 4.47. The van der Waals surface area contributed by atoms with E-state index < -0.39 is 0 Å². The van der Waals surface area contributed by atoms with Gasteiger partial charge in [-0.25, -0.2) is 0 Å². The molecule has 0 fully saturated rings. The second kappa shape index (κ2) is 5.88. The average molecular weight is 279 g/mol. The first-order chi connectivity index (χ1) is 9.85. The van der Waals surface area contributed by atoms with Gasteiger partial charge in [-0.2, -0.15) is 0 Å². The van der Waals surface area contributed by atoms with Gasteiger partial charge in [-0.15, -0.1) is 11.8 Å². The molecule has 98 valence electrons. The van der Waals surface area contributed by atoms with Gasteiger partial charge in [0.1, 0.15) is 6.29 Å². The molecule has 0 saturated carbocycles. The molecule has 0 spiro atoms. The maximum Gasteiger partial charge on any atom is 0.150 e. The van der Waals surface area contributed by atoms with E-state index >= 15 is 0 Å². The van der Waals surface area contributed by atoms with Gasteiger partial charge in [0.15, 0.2) is 0 Å². The van der Waals surface area contributed by atoms with E-state index in [9.17, 15) is 4.79 Å². The molecule has 0 unspecified atom stereocenters. The van der Waals surface area contributed by atoms with Crippen LogP contribution in [-0.2, 0) is 5.75 Å². The van der Waals surface area contributed by atoms with Crippen LogP contribution in [-0.4, -0.2) is 11.3 Å². The summed E-state index contributed by atoms with van der Waals surface area (Å²) in [5.74, 6) is 0.799. The van der Waals surface area contributed by atoms with E-state index in [1.165, 1.54) is 0 Å². The molecule has 1 aromatic heterocycles. The van der Waals surface area contributed by atoms with Crippen LogP contribution in [0.3, 0.4) is 0 Å². The Bertz CT molecular complexity index is 755. The Morgan fingerprint density at radius 2 is 1.90 bits per heavy atom. The van der Waals surface area contributed by atoms with Gasteiger partial charge >= 0.3 is 0 Å². The zero-order chi connectivity index (χ0) is 13.8. The maximum atomic E-state index is 10.8. The number of carbonyl (C=O) groups is 1. The number of para-hydroxylation sites is 1. The van der Waals surface area contributed by atoms with Crippen molar-refractivity contribution in [2.24, 2.45) is 0 Å². The van der Waals surface area contributed by atoms with Crippen LogP contribution in [0.2, 0.25) is 0 Å². The molecule has 20 heavy (non-hydrogen) atoms. The highest BCUT2D eigenvalue weighted by atomic mass is 32.2. The smallest absolute Gasteiger partial charge is 0.150 e. The molecule has 0 aliphatic rings. The average Bonchev–Trinajstić information content (AvgIpc) is 2.53. The third kappa shape index (κ3) is 2.89. The summed E-state index contributed by atoms with van der Waals surface area (Å²) in [6, 6.07) is 19.9. The standard InChI is InChI=1S/C17H13NOS/c19-11-13-4-3-6-16(10-13)20-12-15-9-8-14-5-1-2-7-17(14)18-15/h1-11H,12H2. The van der Waals surface area contributed by atoms with Crippen molar-refractivity contribution in [2.45, 2.75) is 10.6 Å². The number of hydrogen-bond donors (Lipinski definition) is 0. The lowest BCUT2D eigenvalue weighted by molar-refractivity contribution is 0.112. The third-order valence-corrected chi connectivity index (χ3v) is 4.06. The molecule has 0 atom stereocenters. The molecule has 0 radical (unpaired) electrons. The highest BCUT2D eigenvalue weighted by Gasteiger charge is 2.01. The minimum atomic E-state index is 0.710. The van der Waals surface area contributed by atoms with Gasteiger partial charge < -0.3 is 0 Å². The van der Waals surface area contributed by atoms with E-state index in [-0.39, 0.29) is 0 Å². The first-order valence-corrected chi connectivity index (χ1v) is 7.36. The van der Waals surface area contributed by atoms with E-state index in [2.05, 4.69) is 23.2 Å². The van der Waals surface area contributed by atoms with Crippen LogP contribution < -0.4 is 0 Å². The molecule has 0 aliphatic heterocycles. The van der Waals surface area contributed by atoms with Gasteiger partial charge in [0.2, 0.25) is 0 Å². The van der Waals surface area contributed by atoms with Crippen molar-refractivity contribution in [1.82, 2.24) is 4.98 Å². The maximum absolute atomic E-state index is 10.8. The molecular formula is C17H13NOS. The number of thioether (sulfide) groups is 1. The van der Waals surface area contributed by atoms with E-state index in [0.717, 1.165) is 33.5 Å². The van der Waals surface area contributed by atoms with Gasteiger partial charge in [0, 0.05) is 21.6 Å². The fourth-order valence-corrected chi connectivity index (χ4v) is 2.89. The minimum Gasteiger partial charge on any atom is -0.298 e. The van der Waals surface area contributed by atoms with Crippen LogP contribution in [0.4, 0.5) is 0 Å². The van der Waals surface area contributed by atoms with Crippen molar-refractivity contribution in [1.29, 1.82) is 0 Å². The number of carbonyl (C=O) groups excluding carboxylic acids is 1. The van der Waals surface area contributed by atoms with Gasteiger partial charge in [0.05, 0.1) is 11.2 Å². The van der Waals surface area contributed by atoms with Crippen LogP contribution in [0.1, 0.15) is 16.1 Å². The minimum absolute atomic E-state index is 0.710. The van der Waals surface area contributed by atoms with Crippen LogP contribution in [0, 0.1) is 0 Å². The highest BCUT2D eigenvalue weighted by molar-refractivity contribution is 7.98. The summed E-state index contributed by atoms with van der Waals surface area (Å²) < 4.78 is 0. The molecule has 2 nitrogen and oxygen atoms in total. The van der Waals surface area contributed by atoms with E-state index in [4.69, 9.17) is 0 Å². The Morgan fingerprint density at radius 3 is 2.80 bits per heavy atom. The number of fused-ring (bicyclic) bond motifs is 1. The lowest BCUT2D eigenvalue weighted by Crippen LogP contribution is -1.88. The summed E-state index contributed by atoms with van der Waals surface area (Å²) in [5.41, 5.74) is 2.78. The molecule has 2 aromatic carbocycles. The van der Waals surface area contributed by atoms with Crippen molar-refractivity contribution in [3.05, 3.63) is 71.9 Å². The molecule has 0 saturated heterocycles. The Labute approximate surface area is 121 Å². The van der Waals surface area contributed by atoms with E-state index in [1.54, 1.807) is 11.8 Å². The monoisotopic (exact) mass is 279 g/mol. The molecule has 3 rings (SSSR count). The van der Waals surface area contributed by atoms with Crippen molar-refractivity contribution in [3.63, 3.8) is 0 Å². The van der Waals surface area contributed by atoms with Crippen LogP contribution in [0.5, 0.6) is 0 Å². The Balaban J connectivity index is 1.77. The largest absolute Gasteiger partial charge is 0.298 e. The molecule has 0 aliphatic carbocycles. The molecule has 0 bridgehead atoms. The SMILES string of the molecule is O=Cc1cccc(SCc2ccc3ccccc3n2)c1. The number of nitrogens with zero attached hydrogens (tertiary/aromatic N) is 1. The molecule has 1 heterocycles. The summed E-state index contributed by atoms with van der Waals surface area (Å²) in [7, 11) is 0. The first-order valence-electron chi connectivity index (χ1n) is 6.38. The number of aldehydes is 1. The lowest BCUT2D eigenvalue weighted by atomic mass is 10.2. The Kier molecular flexibility index (Phi) is 3.79. The molecule has 3 aromatic rings. The van der Waals surface area contributed by atoms with Crippen LogP contribution in [0.15, 0.2) is 65.6 Å². The third-order valence-electron chi connectivity index (χ3n) is 3.04. The van der Waals surface area contributed by atoms with Crippen molar-refractivity contribution in [3.8, 4) is 0 Å². The Hall–Kier alpha value is -2.13. The molecule has 3 heteroatoms. The summed E-state index contributed by atoms with van der Waals surface area (Å²) in [5, 5.41) is 1.16. The number of hydrogen-bond acceptors (Lipinski definition) is 3. The summed E-state index contributed by atoms with van der Waals surface area (Å²) >= 11 is 1.69. The predicted octanol–water partition coefficient (Wildman–Crippen LogP) is 4.34. The second-order valence-corrected chi connectivity index (χ2v) is 5.52. The lowest BCUT2D eigenvalue weighted by Gasteiger charge is -2.04. The quantitative estimate of drug-likeness (QED) is 0.525. The molecule has 0 amide bonds. The highest BCUT2D eigenvalue weighted by Crippen LogP contribution is 2.23. The summed E-state index contributed by atoms with van der Waals surface area (Å²) in [6.45, 7) is 0. The predicted molar refractivity (Wildman–Crippen MR) is 83.1 cm³/mol. The number of pyridine rings is 1. The summed E-state index contributed by atoms with van der Waals surface area (Å²) in [4.78, 5) is 16.5. The normalized spacial score (nSPS) is 10.6. The molecule has 0 N–H and O–H groups in total. The number of rotatable bonds is 4. The van der Waals surface area contributed by atoms with Crippen LogP contribution in [0.25, 0.3) is 10.9 Å². The molecular weight excluding hydrogens is 266 g/mol. The van der Waals surface area contributed by atoms with Crippen LogP contribution >= 0.6 is 11.8 Å². The first kappa shape index (κ1) is 12.9. The summed E-state index contributed by atoms with van der Waals surface area (Å²) in [6.07, 6.45) is 0.873. The van der Waals surface area contributed by atoms with Crippen molar-refractivity contribution in [2.75, 3.05) is 0 Å². The fraction of sp³-hybridized carbons (Fsp3) is 0.0588. The van der Waals surface area contributed by atoms with E-state index in [0.29, 0.717) is 5.56 Å². The zero-order valence-electron chi connectivity index (χ0n) is 10.8. The fourth-order valence-electron chi connectivity index (χ4n) is 2.02. The van der Waals surface area contributed by atoms with Gasteiger partial charge in [-0.05, 0) is 24.3 Å². The topological polar surface area (TPSA) is 30.0 Å². The van der Waals surface area contributed by atoms with Gasteiger partial charge in [0.25, 0.3) is 0 Å². The van der Waals surface area contributed by atoms with Crippen molar-refractivity contribution >= 4 is 29.0 Å². The number of benzene rings is 2.